The molecule has 9 heteroatoms. The van der Waals surface area contributed by atoms with E-state index in [-0.39, 0.29) is 11.0 Å². The molecule has 5 nitrogen and oxygen atoms in total. The number of rotatable bonds is 6. The Morgan fingerprint density at radius 1 is 1.30 bits per heavy atom. The van der Waals surface area contributed by atoms with Crippen LogP contribution in [0.5, 0.6) is 0 Å². The molecule has 1 heterocycles. The maximum atomic E-state index is 12.3. The number of aliphatic carboxylic acids is 1. The Balaban J connectivity index is 2.47. The van der Waals surface area contributed by atoms with E-state index in [0.717, 1.165) is 25.9 Å². The van der Waals surface area contributed by atoms with Crippen molar-refractivity contribution in [3.63, 3.8) is 0 Å². The molecule has 116 valence electrons. The van der Waals surface area contributed by atoms with E-state index in [9.17, 15) is 22.8 Å². The van der Waals surface area contributed by atoms with E-state index in [1.807, 2.05) is 0 Å². The van der Waals surface area contributed by atoms with Gasteiger partial charge < -0.3 is 15.3 Å². The third-order valence-electron chi connectivity index (χ3n) is 2.78. The maximum absolute atomic E-state index is 12.3. The Kier molecular flexibility index (Phi) is 6.60. The summed E-state index contributed by atoms with van der Waals surface area (Å²) in [4.78, 5) is 22.6. The van der Waals surface area contributed by atoms with E-state index < -0.39 is 31.1 Å². The van der Waals surface area contributed by atoms with Crippen LogP contribution in [0.3, 0.4) is 0 Å². The summed E-state index contributed by atoms with van der Waals surface area (Å²) < 4.78 is 36.9. The minimum atomic E-state index is -4.59. The Morgan fingerprint density at radius 3 is 2.40 bits per heavy atom. The standard InChI is InChI=1S/C11H17F3N2O3S/c12-11(13,14)7-16(5-10(18)19)9(17)6-20-8-1-3-15-4-2-8/h8,15H,1-7H2,(H,18,19). The molecule has 1 fully saturated rings. The molecule has 0 radical (unpaired) electrons. The van der Waals surface area contributed by atoms with E-state index in [1.54, 1.807) is 0 Å². The largest absolute Gasteiger partial charge is 0.480 e. The number of halogens is 3. The predicted octanol–water partition coefficient (Wildman–Crippen LogP) is 0.947. The Morgan fingerprint density at radius 2 is 1.90 bits per heavy atom. The molecular formula is C11H17F3N2O3S. The van der Waals surface area contributed by atoms with Gasteiger partial charge in [0.2, 0.25) is 5.91 Å². The normalized spacial score (nSPS) is 16.9. The number of thioether (sulfide) groups is 1. The molecule has 0 aromatic heterocycles. The van der Waals surface area contributed by atoms with Crippen molar-refractivity contribution in [2.45, 2.75) is 24.3 Å². The number of nitrogens with zero attached hydrogens (tertiary/aromatic N) is 1. The average Bonchev–Trinajstić information content (AvgIpc) is 2.34. The van der Waals surface area contributed by atoms with Crippen LogP contribution in [0.2, 0.25) is 0 Å². The fraction of sp³-hybridized carbons (Fsp3) is 0.818. The monoisotopic (exact) mass is 314 g/mol. The maximum Gasteiger partial charge on any atom is 0.406 e. The lowest BCUT2D eigenvalue weighted by Gasteiger charge is -2.25. The van der Waals surface area contributed by atoms with Crippen LogP contribution in [0.15, 0.2) is 0 Å². The first-order chi connectivity index (χ1) is 9.28. The Bertz CT molecular complexity index is 346. The fourth-order valence-corrected chi connectivity index (χ4v) is 2.98. The summed E-state index contributed by atoms with van der Waals surface area (Å²) in [5.74, 6) is -2.35. The summed E-state index contributed by atoms with van der Waals surface area (Å²) in [7, 11) is 0. The van der Waals surface area contributed by atoms with Crippen LogP contribution >= 0.6 is 11.8 Å². The van der Waals surface area contributed by atoms with Gasteiger partial charge in [0.15, 0.2) is 0 Å². The number of amides is 1. The van der Waals surface area contributed by atoms with E-state index in [0.29, 0.717) is 4.90 Å². The van der Waals surface area contributed by atoms with Gasteiger partial charge in [-0.3, -0.25) is 9.59 Å². The summed E-state index contributed by atoms with van der Waals surface area (Å²) in [5, 5.41) is 12.0. The molecule has 20 heavy (non-hydrogen) atoms. The second-order valence-corrected chi connectivity index (χ2v) is 5.81. The van der Waals surface area contributed by atoms with E-state index in [4.69, 9.17) is 5.11 Å². The van der Waals surface area contributed by atoms with Crippen molar-refractivity contribution < 1.29 is 27.9 Å². The van der Waals surface area contributed by atoms with Crippen LogP contribution in [0.1, 0.15) is 12.8 Å². The number of hydrogen-bond acceptors (Lipinski definition) is 4. The summed E-state index contributed by atoms with van der Waals surface area (Å²) in [6.07, 6.45) is -2.88. The van der Waals surface area contributed by atoms with Gasteiger partial charge in [-0.05, 0) is 25.9 Å². The fourth-order valence-electron chi connectivity index (χ4n) is 1.85. The van der Waals surface area contributed by atoms with Crippen molar-refractivity contribution in [3.05, 3.63) is 0 Å². The van der Waals surface area contributed by atoms with Crippen molar-refractivity contribution in [2.24, 2.45) is 0 Å². The van der Waals surface area contributed by atoms with Crippen molar-refractivity contribution in [1.29, 1.82) is 0 Å². The molecule has 1 saturated heterocycles. The zero-order chi connectivity index (χ0) is 15.2. The summed E-state index contributed by atoms with van der Waals surface area (Å²) in [5.41, 5.74) is 0. The van der Waals surface area contributed by atoms with E-state index in [2.05, 4.69) is 5.32 Å². The lowest BCUT2D eigenvalue weighted by Crippen LogP contribution is -2.43. The SMILES string of the molecule is O=C(O)CN(CC(F)(F)F)C(=O)CSC1CCNCC1. The molecule has 1 rings (SSSR count). The van der Waals surface area contributed by atoms with Gasteiger partial charge in [-0.1, -0.05) is 0 Å². The smallest absolute Gasteiger partial charge is 0.406 e. The minimum absolute atomic E-state index is 0.117. The summed E-state index contributed by atoms with van der Waals surface area (Å²) in [6.45, 7) is -0.795. The van der Waals surface area contributed by atoms with Crippen LogP contribution in [-0.4, -0.2) is 65.2 Å². The molecule has 1 aliphatic rings. The van der Waals surface area contributed by atoms with Gasteiger partial charge in [0, 0.05) is 5.25 Å². The zero-order valence-electron chi connectivity index (χ0n) is 10.8. The molecule has 0 unspecified atom stereocenters. The van der Waals surface area contributed by atoms with Gasteiger partial charge in [0.25, 0.3) is 0 Å². The number of piperidine rings is 1. The number of alkyl halides is 3. The second kappa shape index (κ2) is 7.72. The first kappa shape index (κ1) is 17.1. The number of carboxylic acid groups (broad SMARTS) is 1. The third-order valence-corrected chi connectivity index (χ3v) is 4.13. The lowest BCUT2D eigenvalue weighted by atomic mass is 10.2. The number of carboxylic acids is 1. The van der Waals surface area contributed by atoms with Gasteiger partial charge in [0.1, 0.15) is 13.1 Å². The Hall–Kier alpha value is -0.960. The highest BCUT2D eigenvalue weighted by Gasteiger charge is 2.34. The van der Waals surface area contributed by atoms with Crippen LogP contribution in [-0.2, 0) is 9.59 Å². The van der Waals surface area contributed by atoms with Crippen molar-refractivity contribution in [2.75, 3.05) is 31.9 Å². The van der Waals surface area contributed by atoms with Crippen LogP contribution in [0, 0.1) is 0 Å². The van der Waals surface area contributed by atoms with Gasteiger partial charge >= 0.3 is 12.1 Å². The molecule has 2 N–H and O–H groups in total. The minimum Gasteiger partial charge on any atom is -0.480 e. The highest BCUT2D eigenvalue weighted by Crippen LogP contribution is 2.22. The van der Waals surface area contributed by atoms with Gasteiger partial charge in [-0.25, -0.2) is 0 Å². The van der Waals surface area contributed by atoms with Gasteiger partial charge in [-0.2, -0.15) is 13.2 Å². The highest BCUT2D eigenvalue weighted by molar-refractivity contribution is 8.00. The predicted molar refractivity (Wildman–Crippen MR) is 68.6 cm³/mol. The second-order valence-electron chi connectivity index (χ2n) is 4.52. The molecule has 0 spiro atoms. The van der Waals surface area contributed by atoms with Gasteiger partial charge in [-0.15, -0.1) is 11.8 Å². The van der Waals surface area contributed by atoms with Crippen molar-refractivity contribution >= 4 is 23.6 Å². The summed E-state index contributed by atoms with van der Waals surface area (Å²) >= 11 is 1.30. The third kappa shape index (κ3) is 6.99. The van der Waals surface area contributed by atoms with E-state index >= 15 is 0 Å². The first-order valence-electron chi connectivity index (χ1n) is 6.16. The molecule has 0 atom stereocenters. The quantitative estimate of drug-likeness (QED) is 0.764. The molecule has 1 aliphatic heterocycles. The Labute approximate surface area is 118 Å². The average molecular weight is 314 g/mol. The van der Waals surface area contributed by atoms with Crippen molar-refractivity contribution in [3.8, 4) is 0 Å². The molecule has 0 saturated carbocycles. The van der Waals surface area contributed by atoms with Crippen LogP contribution < -0.4 is 5.32 Å². The zero-order valence-corrected chi connectivity index (χ0v) is 11.6. The topological polar surface area (TPSA) is 69.6 Å². The lowest BCUT2D eigenvalue weighted by molar-refractivity contribution is -0.164. The van der Waals surface area contributed by atoms with Crippen LogP contribution in [0.25, 0.3) is 0 Å². The number of carbonyl (C=O) groups excluding carboxylic acids is 1. The first-order valence-corrected chi connectivity index (χ1v) is 7.21. The van der Waals surface area contributed by atoms with Crippen molar-refractivity contribution in [1.82, 2.24) is 10.2 Å². The van der Waals surface area contributed by atoms with Gasteiger partial charge in [0.05, 0.1) is 5.75 Å². The molecule has 0 bridgehead atoms. The highest BCUT2D eigenvalue weighted by atomic mass is 32.2. The molecule has 0 aliphatic carbocycles. The molecule has 0 aromatic rings. The number of nitrogens with one attached hydrogen (secondary N) is 1. The number of hydrogen-bond donors (Lipinski definition) is 2. The molecule has 0 aromatic carbocycles. The molecular weight excluding hydrogens is 297 g/mol. The number of carbonyl (C=O) groups is 2. The summed E-state index contributed by atoms with van der Waals surface area (Å²) in [6, 6.07) is 0. The molecule has 1 amide bonds. The van der Waals surface area contributed by atoms with Crippen LogP contribution in [0.4, 0.5) is 13.2 Å². The van der Waals surface area contributed by atoms with E-state index in [1.165, 1.54) is 11.8 Å².